The number of hydrogen-bond acceptors (Lipinski definition) is 3. The predicted octanol–water partition coefficient (Wildman–Crippen LogP) is 4.36. The molecule has 4 rings (SSSR count). The third kappa shape index (κ3) is 2.44. The molecule has 124 valence electrons. The third-order valence-electron chi connectivity index (χ3n) is 4.07. The van der Waals surface area contributed by atoms with Gasteiger partial charge < -0.3 is 0 Å². The molecule has 0 saturated heterocycles. The van der Waals surface area contributed by atoms with E-state index in [0.717, 1.165) is 4.31 Å². The van der Waals surface area contributed by atoms with Crippen molar-refractivity contribution in [1.29, 1.82) is 0 Å². The highest BCUT2D eigenvalue weighted by Gasteiger charge is 2.39. The highest BCUT2D eigenvalue weighted by Crippen LogP contribution is 2.43. The summed E-state index contributed by atoms with van der Waals surface area (Å²) in [5.74, 6) is -0.635. The summed E-state index contributed by atoms with van der Waals surface area (Å²) in [6, 6.07) is 19.9. The molecule has 0 atom stereocenters. The van der Waals surface area contributed by atoms with Crippen molar-refractivity contribution in [3.8, 4) is 11.1 Å². The number of carbonyl (C=O) groups excluding carboxylic acids is 1. The fourth-order valence-corrected chi connectivity index (χ4v) is 4.81. The van der Waals surface area contributed by atoms with Gasteiger partial charge in [-0.1, -0.05) is 54.1 Å². The number of nitrogens with zero attached hydrogens (tertiary/aromatic N) is 1. The van der Waals surface area contributed by atoms with Crippen molar-refractivity contribution < 1.29 is 13.2 Å². The summed E-state index contributed by atoms with van der Waals surface area (Å²) < 4.78 is 27.1. The predicted molar refractivity (Wildman–Crippen MR) is 97.3 cm³/mol. The van der Waals surface area contributed by atoms with Crippen LogP contribution in [0.1, 0.15) is 10.4 Å². The average molecular weight is 370 g/mol. The van der Waals surface area contributed by atoms with E-state index < -0.39 is 15.9 Å². The molecule has 6 heteroatoms. The normalized spacial score (nSPS) is 14.5. The van der Waals surface area contributed by atoms with Gasteiger partial charge >= 0.3 is 0 Å². The van der Waals surface area contributed by atoms with Crippen LogP contribution in [0.5, 0.6) is 0 Å². The van der Waals surface area contributed by atoms with Gasteiger partial charge in [-0.3, -0.25) is 4.79 Å². The van der Waals surface area contributed by atoms with Crippen LogP contribution in [0.25, 0.3) is 11.1 Å². The van der Waals surface area contributed by atoms with Gasteiger partial charge in [-0.25, -0.2) is 8.42 Å². The van der Waals surface area contributed by atoms with E-state index in [-0.39, 0.29) is 10.5 Å². The molecule has 25 heavy (non-hydrogen) atoms. The molecule has 0 N–H and O–H groups in total. The van der Waals surface area contributed by atoms with E-state index in [1.165, 1.54) is 12.1 Å². The van der Waals surface area contributed by atoms with Crippen molar-refractivity contribution in [3.05, 3.63) is 83.4 Å². The highest BCUT2D eigenvalue weighted by atomic mass is 35.5. The molecule has 0 aliphatic carbocycles. The van der Waals surface area contributed by atoms with Crippen LogP contribution >= 0.6 is 11.6 Å². The molecule has 1 amide bonds. The maximum absolute atomic E-state index is 13.1. The monoisotopic (exact) mass is 369 g/mol. The molecular formula is C19H12ClNO3S. The number of benzene rings is 3. The zero-order valence-corrected chi connectivity index (χ0v) is 14.5. The fraction of sp³-hybridized carbons (Fsp3) is 0. The largest absolute Gasteiger partial charge is 0.272 e. The molecule has 0 bridgehead atoms. The Morgan fingerprint density at radius 3 is 2.28 bits per heavy atom. The van der Waals surface area contributed by atoms with Gasteiger partial charge in [0.05, 0.1) is 10.6 Å². The van der Waals surface area contributed by atoms with Crippen LogP contribution in [0, 0.1) is 0 Å². The molecule has 0 aromatic heterocycles. The third-order valence-corrected chi connectivity index (χ3v) is 6.06. The Bertz CT molecular complexity index is 1110. The van der Waals surface area contributed by atoms with Crippen LogP contribution in [0.15, 0.2) is 77.7 Å². The van der Waals surface area contributed by atoms with Gasteiger partial charge in [-0.15, -0.1) is 0 Å². The maximum Gasteiger partial charge on any atom is 0.272 e. The SMILES string of the molecule is O=C(c1cccc(Cl)c1)N1c2ccccc2-c2ccccc2S1(=O)=O. The summed E-state index contributed by atoms with van der Waals surface area (Å²) in [6.07, 6.45) is 0. The Hall–Kier alpha value is -2.63. The zero-order valence-electron chi connectivity index (χ0n) is 12.9. The van der Waals surface area contributed by atoms with E-state index in [2.05, 4.69) is 0 Å². The minimum atomic E-state index is -4.02. The molecule has 0 fully saturated rings. The van der Waals surface area contributed by atoms with Gasteiger partial charge in [0.25, 0.3) is 15.9 Å². The molecule has 4 nitrogen and oxygen atoms in total. The lowest BCUT2D eigenvalue weighted by Gasteiger charge is -2.30. The molecule has 1 aliphatic heterocycles. The maximum atomic E-state index is 13.1. The van der Waals surface area contributed by atoms with Crippen LogP contribution in [-0.4, -0.2) is 14.3 Å². The van der Waals surface area contributed by atoms with Gasteiger partial charge in [0.15, 0.2) is 0 Å². The summed E-state index contributed by atoms with van der Waals surface area (Å²) in [4.78, 5) is 13.1. The minimum absolute atomic E-state index is 0.115. The van der Waals surface area contributed by atoms with E-state index in [1.54, 1.807) is 54.6 Å². The van der Waals surface area contributed by atoms with Gasteiger partial charge in [0.1, 0.15) is 0 Å². The second-order valence-electron chi connectivity index (χ2n) is 5.60. The Labute approximate surface area is 150 Å². The lowest BCUT2D eigenvalue weighted by Crippen LogP contribution is -2.39. The van der Waals surface area contributed by atoms with Crippen molar-refractivity contribution >= 4 is 33.2 Å². The van der Waals surface area contributed by atoms with Crippen LogP contribution in [0.3, 0.4) is 0 Å². The van der Waals surface area contributed by atoms with Crippen LogP contribution in [0.2, 0.25) is 5.02 Å². The molecule has 0 saturated carbocycles. The van der Waals surface area contributed by atoms with E-state index in [0.29, 0.717) is 21.8 Å². The number of rotatable bonds is 1. The first kappa shape index (κ1) is 15.9. The number of halogens is 1. The molecule has 0 spiro atoms. The van der Waals surface area contributed by atoms with E-state index in [4.69, 9.17) is 11.6 Å². The number of fused-ring (bicyclic) bond motifs is 3. The second-order valence-corrected chi connectivity index (χ2v) is 7.79. The first-order valence-corrected chi connectivity index (χ1v) is 9.35. The van der Waals surface area contributed by atoms with Gasteiger partial charge in [-0.05, 0) is 30.3 Å². The van der Waals surface area contributed by atoms with Crippen molar-refractivity contribution in [2.75, 3.05) is 4.31 Å². The van der Waals surface area contributed by atoms with Crippen LogP contribution in [0.4, 0.5) is 5.69 Å². The Kier molecular flexibility index (Phi) is 3.63. The summed E-state index contributed by atoms with van der Waals surface area (Å²) in [5.41, 5.74) is 1.84. The molecule has 0 unspecified atom stereocenters. The van der Waals surface area contributed by atoms with Crippen LogP contribution in [-0.2, 0) is 10.0 Å². The van der Waals surface area contributed by atoms with Crippen LogP contribution < -0.4 is 4.31 Å². The summed E-state index contributed by atoms with van der Waals surface area (Å²) in [6.45, 7) is 0. The van der Waals surface area contributed by atoms with E-state index in [9.17, 15) is 13.2 Å². The first-order chi connectivity index (χ1) is 12.0. The second kappa shape index (κ2) is 5.72. The average Bonchev–Trinajstić information content (AvgIpc) is 2.61. The summed E-state index contributed by atoms with van der Waals surface area (Å²) >= 11 is 5.96. The van der Waals surface area contributed by atoms with Crippen molar-refractivity contribution in [1.82, 2.24) is 0 Å². The van der Waals surface area contributed by atoms with E-state index >= 15 is 0 Å². The van der Waals surface area contributed by atoms with Gasteiger partial charge in [0.2, 0.25) is 0 Å². The molecule has 1 aliphatic rings. The first-order valence-electron chi connectivity index (χ1n) is 7.54. The Morgan fingerprint density at radius 2 is 1.52 bits per heavy atom. The topological polar surface area (TPSA) is 54.5 Å². The summed E-state index contributed by atoms with van der Waals surface area (Å²) in [5, 5.41) is 0.369. The number of amides is 1. The Balaban J connectivity index is 1.99. The number of anilines is 1. The molecular weight excluding hydrogens is 358 g/mol. The standard InChI is InChI=1S/C19H12ClNO3S/c20-14-7-5-6-13(12-14)19(22)21-17-10-3-1-8-15(17)16-9-2-4-11-18(16)25(21,23)24/h1-12H. The highest BCUT2D eigenvalue weighted by molar-refractivity contribution is 7.93. The van der Waals surface area contributed by atoms with Crippen molar-refractivity contribution in [2.45, 2.75) is 4.90 Å². The molecule has 1 heterocycles. The molecule has 3 aromatic rings. The number of carbonyl (C=O) groups is 1. The number of hydrogen-bond donors (Lipinski definition) is 0. The fourth-order valence-electron chi connectivity index (χ4n) is 2.98. The van der Waals surface area contributed by atoms with Gasteiger partial charge in [0, 0.05) is 21.7 Å². The molecule has 3 aromatic carbocycles. The van der Waals surface area contributed by atoms with Crippen molar-refractivity contribution in [3.63, 3.8) is 0 Å². The van der Waals surface area contributed by atoms with Gasteiger partial charge in [-0.2, -0.15) is 4.31 Å². The number of sulfonamides is 1. The van der Waals surface area contributed by atoms with E-state index in [1.807, 2.05) is 6.07 Å². The summed E-state index contributed by atoms with van der Waals surface area (Å²) in [7, 11) is -4.02. The minimum Gasteiger partial charge on any atom is -0.268 e. The lowest BCUT2D eigenvalue weighted by atomic mass is 10.0. The quantitative estimate of drug-likeness (QED) is 0.640. The zero-order chi connectivity index (χ0) is 17.6. The lowest BCUT2D eigenvalue weighted by molar-refractivity contribution is 0.101. The molecule has 0 radical (unpaired) electrons. The smallest absolute Gasteiger partial charge is 0.268 e. The number of para-hydroxylation sites is 1. The van der Waals surface area contributed by atoms with Crippen molar-refractivity contribution in [2.24, 2.45) is 0 Å². The Morgan fingerprint density at radius 1 is 0.840 bits per heavy atom.